The Kier molecular flexibility index (Phi) is 5.06. The summed E-state index contributed by atoms with van der Waals surface area (Å²) in [5, 5.41) is 3.42. The molecule has 0 aliphatic rings. The van der Waals surface area contributed by atoms with Gasteiger partial charge >= 0.3 is 0 Å². The van der Waals surface area contributed by atoms with Crippen LogP contribution in [0.3, 0.4) is 0 Å². The fourth-order valence-electron chi connectivity index (χ4n) is 1.48. The smallest absolute Gasteiger partial charge is 0.0273 e. The minimum absolute atomic E-state index is 0.474. The molecule has 1 aromatic heterocycles. The van der Waals surface area contributed by atoms with Gasteiger partial charge in [-0.3, -0.25) is 0 Å². The second-order valence-electron chi connectivity index (χ2n) is 3.83. The van der Waals surface area contributed by atoms with E-state index in [4.69, 9.17) is 0 Å². The van der Waals surface area contributed by atoms with Crippen LogP contribution in [0, 0.1) is 0 Å². The second-order valence-corrected chi connectivity index (χ2v) is 5.03. The minimum atomic E-state index is 0.474. The summed E-state index contributed by atoms with van der Waals surface area (Å²) in [4.78, 5) is 2.83. The standard InChI is InChI=1S/C13H21NS/c1-5-12-7-8-13(15-12)9-10(3)11(4)14-6-2/h7-9,11,14H,5-6H2,1-4H3/b10-9+. The van der Waals surface area contributed by atoms with Gasteiger partial charge in [-0.25, -0.2) is 0 Å². The molecule has 1 nitrogen and oxygen atoms in total. The van der Waals surface area contributed by atoms with Crippen LogP contribution in [0.1, 0.15) is 37.4 Å². The van der Waals surface area contributed by atoms with Crippen LogP contribution in [0.2, 0.25) is 0 Å². The normalized spacial score (nSPS) is 14.3. The average molecular weight is 223 g/mol. The number of thiophene rings is 1. The van der Waals surface area contributed by atoms with Crippen LogP contribution < -0.4 is 5.32 Å². The van der Waals surface area contributed by atoms with Gasteiger partial charge in [-0.2, -0.15) is 0 Å². The Balaban J connectivity index is 2.68. The molecule has 0 aliphatic carbocycles. The molecule has 0 aromatic carbocycles. The number of hydrogen-bond donors (Lipinski definition) is 1. The Morgan fingerprint density at radius 1 is 1.47 bits per heavy atom. The van der Waals surface area contributed by atoms with E-state index in [0.29, 0.717) is 6.04 Å². The summed E-state index contributed by atoms with van der Waals surface area (Å²) in [6.45, 7) is 9.77. The van der Waals surface area contributed by atoms with E-state index < -0.39 is 0 Å². The molecule has 15 heavy (non-hydrogen) atoms. The molecule has 1 N–H and O–H groups in total. The largest absolute Gasteiger partial charge is 0.311 e. The SMILES string of the molecule is CCNC(C)/C(C)=C/c1ccc(CC)s1. The van der Waals surface area contributed by atoms with Gasteiger partial charge in [0.1, 0.15) is 0 Å². The first-order valence-corrected chi connectivity index (χ1v) is 6.49. The van der Waals surface area contributed by atoms with E-state index in [2.05, 4.69) is 51.2 Å². The molecular formula is C13H21NS. The van der Waals surface area contributed by atoms with Crippen LogP contribution in [-0.4, -0.2) is 12.6 Å². The van der Waals surface area contributed by atoms with Gasteiger partial charge in [0, 0.05) is 15.8 Å². The predicted octanol–water partition coefficient (Wildman–Crippen LogP) is 3.71. The third-order valence-corrected chi connectivity index (χ3v) is 3.77. The number of nitrogens with one attached hydrogen (secondary N) is 1. The molecular weight excluding hydrogens is 202 g/mol. The van der Waals surface area contributed by atoms with Gasteiger partial charge in [-0.1, -0.05) is 19.4 Å². The Labute approximate surface area is 97.2 Å². The van der Waals surface area contributed by atoms with Crippen molar-refractivity contribution in [1.82, 2.24) is 5.32 Å². The Bertz CT molecular complexity index is 325. The summed E-state index contributed by atoms with van der Waals surface area (Å²) < 4.78 is 0. The van der Waals surface area contributed by atoms with Crippen molar-refractivity contribution in [2.24, 2.45) is 0 Å². The van der Waals surface area contributed by atoms with Crippen molar-refractivity contribution in [2.45, 2.75) is 40.2 Å². The van der Waals surface area contributed by atoms with E-state index in [1.54, 1.807) is 0 Å². The van der Waals surface area contributed by atoms with Crippen molar-refractivity contribution < 1.29 is 0 Å². The van der Waals surface area contributed by atoms with Gasteiger partial charge < -0.3 is 5.32 Å². The first kappa shape index (κ1) is 12.5. The van der Waals surface area contributed by atoms with Crippen LogP contribution in [0.5, 0.6) is 0 Å². The molecule has 1 atom stereocenters. The van der Waals surface area contributed by atoms with E-state index in [9.17, 15) is 0 Å². The maximum atomic E-state index is 3.42. The average Bonchev–Trinajstić information content (AvgIpc) is 2.66. The highest BCUT2D eigenvalue weighted by Crippen LogP contribution is 2.20. The lowest BCUT2D eigenvalue weighted by Gasteiger charge is -2.12. The van der Waals surface area contributed by atoms with Crippen LogP contribution in [0.25, 0.3) is 6.08 Å². The highest BCUT2D eigenvalue weighted by molar-refractivity contribution is 7.12. The molecule has 0 aliphatic heterocycles. The van der Waals surface area contributed by atoms with Crippen molar-refractivity contribution in [3.63, 3.8) is 0 Å². The summed E-state index contributed by atoms with van der Waals surface area (Å²) in [6, 6.07) is 4.91. The molecule has 84 valence electrons. The summed E-state index contributed by atoms with van der Waals surface area (Å²) >= 11 is 1.89. The fourth-order valence-corrected chi connectivity index (χ4v) is 2.44. The molecule has 0 fully saturated rings. The van der Waals surface area contributed by atoms with E-state index in [1.165, 1.54) is 15.3 Å². The van der Waals surface area contributed by atoms with Crippen LogP contribution in [-0.2, 0) is 6.42 Å². The lowest BCUT2D eigenvalue weighted by Crippen LogP contribution is -2.26. The first-order chi connectivity index (χ1) is 7.17. The highest BCUT2D eigenvalue weighted by atomic mass is 32.1. The van der Waals surface area contributed by atoms with Gasteiger partial charge in [0.2, 0.25) is 0 Å². The van der Waals surface area contributed by atoms with E-state index in [-0.39, 0.29) is 0 Å². The second kappa shape index (κ2) is 6.09. The zero-order valence-corrected chi connectivity index (χ0v) is 10.9. The van der Waals surface area contributed by atoms with Crippen LogP contribution in [0.15, 0.2) is 17.7 Å². The Morgan fingerprint density at radius 2 is 2.20 bits per heavy atom. The maximum Gasteiger partial charge on any atom is 0.0273 e. The number of aryl methyl sites for hydroxylation is 1. The van der Waals surface area contributed by atoms with Gasteiger partial charge in [0.25, 0.3) is 0 Å². The van der Waals surface area contributed by atoms with Crippen LogP contribution >= 0.6 is 11.3 Å². The lowest BCUT2D eigenvalue weighted by molar-refractivity contribution is 0.636. The number of rotatable bonds is 5. The Hall–Kier alpha value is -0.600. The van der Waals surface area contributed by atoms with E-state index in [0.717, 1.165) is 13.0 Å². The quantitative estimate of drug-likeness (QED) is 0.802. The fraction of sp³-hybridized carbons (Fsp3) is 0.538. The van der Waals surface area contributed by atoms with Crippen molar-refractivity contribution in [3.05, 3.63) is 27.5 Å². The highest BCUT2D eigenvalue weighted by Gasteiger charge is 2.02. The zero-order valence-electron chi connectivity index (χ0n) is 10.1. The monoisotopic (exact) mass is 223 g/mol. The molecule has 1 heterocycles. The Morgan fingerprint density at radius 3 is 2.73 bits per heavy atom. The van der Waals surface area contributed by atoms with Crippen LogP contribution in [0.4, 0.5) is 0 Å². The van der Waals surface area contributed by atoms with E-state index in [1.807, 2.05) is 11.3 Å². The molecule has 0 bridgehead atoms. The molecule has 0 saturated carbocycles. The van der Waals surface area contributed by atoms with Crippen molar-refractivity contribution in [1.29, 1.82) is 0 Å². The van der Waals surface area contributed by atoms with Crippen molar-refractivity contribution in [2.75, 3.05) is 6.54 Å². The third-order valence-electron chi connectivity index (χ3n) is 2.59. The van der Waals surface area contributed by atoms with Gasteiger partial charge in [0.15, 0.2) is 0 Å². The lowest BCUT2D eigenvalue weighted by atomic mass is 10.1. The first-order valence-electron chi connectivity index (χ1n) is 5.67. The summed E-state index contributed by atoms with van der Waals surface area (Å²) in [5.74, 6) is 0. The summed E-state index contributed by atoms with van der Waals surface area (Å²) in [7, 11) is 0. The zero-order chi connectivity index (χ0) is 11.3. The molecule has 0 amide bonds. The molecule has 1 rings (SSSR count). The topological polar surface area (TPSA) is 12.0 Å². The number of likely N-dealkylation sites (N-methyl/N-ethyl adjacent to an activating group) is 1. The molecule has 0 spiro atoms. The predicted molar refractivity (Wildman–Crippen MR) is 70.5 cm³/mol. The van der Waals surface area contributed by atoms with Crippen molar-refractivity contribution >= 4 is 17.4 Å². The molecule has 0 radical (unpaired) electrons. The summed E-state index contributed by atoms with van der Waals surface area (Å²) in [5.41, 5.74) is 1.40. The van der Waals surface area contributed by atoms with E-state index >= 15 is 0 Å². The van der Waals surface area contributed by atoms with Gasteiger partial charge in [-0.05, 0) is 45.0 Å². The molecule has 1 unspecified atom stereocenters. The number of hydrogen-bond acceptors (Lipinski definition) is 2. The van der Waals surface area contributed by atoms with Crippen molar-refractivity contribution in [3.8, 4) is 0 Å². The molecule has 1 aromatic rings. The van der Waals surface area contributed by atoms with Gasteiger partial charge in [-0.15, -0.1) is 11.3 Å². The molecule has 0 saturated heterocycles. The maximum absolute atomic E-state index is 3.42. The van der Waals surface area contributed by atoms with Gasteiger partial charge in [0.05, 0.1) is 0 Å². The molecule has 2 heteroatoms. The summed E-state index contributed by atoms with van der Waals surface area (Å²) in [6.07, 6.45) is 3.43. The third kappa shape index (κ3) is 3.80. The minimum Gasteiger partial charge on any atom is -0.311 e.